The Hall–Kier alpha value is -1.05. The molecular weight excluding hydrogens is 362 g/mol. The van der Waals surface area contributed by atoms with E-state index in [9.17, 15) is 8.42 Å². The van der Waals surface area contributed by atoms with Gasteiger partial charge in [0.2, 0.25) is 0 Å². The molecule has 0 bridgehead atoms. The maximum atomic E-state index is 12.8. The standard InChI is InChI=1S/C13H12BrNO3S2/c14-12-6-7-13(19-12)20(16,17)15-8-3-9-18-11-5-2-1-4-10(11)15/h1-2,4-7H,3,8-9H2. The number of sulfonamides is 1. The summed E-state index contributed by atoms with van der Waals surface area (Å²) >= 11 is 4.52. The van der Waals surface area contributed by atoms with Crippen LogP contribution in [0.25, 0.3) is 0 Å². The molecule has 0 spiro atoms. The minimum absolute atomic E-state index is 0.334. The zero-order valence-electron chi connectivity index (χ0n) is 10.5. The number of nitrogens with zero attached hydrogens (tertiary/aromatic N) is 1. The van der Waals surface area contributed by atoms with Crippen molar-refractivity contribution in [2.24, 2.45) is 0 Å². The molecule has 0 radical (unpaired) electrons. The lowest BCUT2D eigenvalue weighted by Crippen LogP contribution is -2.31. The highest BCUT2D eigenvalue weighted by Gasteiger charge is 2.29. The highest BCUT2D eigenvalue weighted by Crippen LogP contribution is 2.36. The van der Waals surface area contributed by atoms with E-state index in [-0.39, 0.29) is 0 Å². The molecule has 2 aromatic rings. The number of ether oxygens (including phenoxy) is 1. The minimum atomic E-state index is -3.54. The van der Waals surface area contributed by atoms with Gasteiger partial charge in [0.05, 0.1) is 16.1 Å². The summed E-state index contributed by atoms with van der Waals surface area (Å²) in [5, 5.41) is 0. The number of fused-ring (bicyclic) bond motifs is 1. The van der Waals surface area contributed by atoms with Crippen LogP contribution in [0.5, 0.6) is 5.75 Å². The van der Waals surface area contributed by atoms with Crippen LogP contribution in [0.4, 0.5) is 5.69 Å². The molecule has 0 unspecified atom stereocenters. The number of anilines is 1. The topological polar surface area (TPSA) is 46.6 Å². The van der Waals surface area contributed by atoms with Gasteiger partial charge < -0.3 is 4.74 Å². The third kappa shape index (κ3) is 2.45. The van der Waals surface area contributed by atoms with Crippen molar-refractivity contribution < 1.29 is 13.2 Å². The summed E-state index contributed by atoms with van der Waals surface area (Å²) in [6.45, 7) is 0.950. The second-order valence-corrected chi connectivity index (χ2v) is 8.86. The van der Waals surface area contributed by atoms with Crippen LogP contribution in [0, 0.1) is 0 Å². The Bertz CT molecular complexity index is 727. The van der Waals surface area contributed by atoms with Crippen LogP contribution in [-0.2, 0) is 10.0 Å². The van der Waals surface area contributed by atoms with E-state index >= 15 is 0 Å². The van der Waals surface area contributed by atoms with Crippen molar-refractivity contribution in [1.29, 1.82) is 0 Å². The Balaban J connectivity index is 2.09. The van der Waals surface area contributed by atoms with Crippen molar-refractivity contribution in [2.75, 3.05) is 17.5 Å². The lowest BCUT2D eigenvalue weighted by Gasteiger charge is -2.22. The van der Waals surface area contributed by atoms with Gasteiger partial charge in [-0.15, -0.1) is 11.3 Å². The number of halogens is 1. The summed E-state index contributed by atoms with van der Waals surface area (Å²) in [5.41, 5.74) is 0.606. The van der Waals surface area contributed by atoms with E-state index in [0.717, 1.165) is 3.79 Å². The molecule has 1 aliphatic heterocycles. The van der Waals surface area contributed by atoms with Gasteiger partial charge in [0.15, 0.2) is 0 Å². The first-order valence-corrected chi connectivity index (χ1v) is 9.14. The van der Waals surface area contributed by atoms with E-state index in [2.05, 4.69) is 15.9 Å². The van der Waals surface area contributed by atoms with Crippen LogP contribution >= 0.6 is 27.3 Å². The van der Waals surface area contributed by atoms with Gasteiger partial charge in [0, 0.05) is 13.0 Å². The summed E-state index contributed by atoms with van der Waals surface area (Å²) in [7, 11) is -3.54. The van der Waals surface area contributed by atoms with E-state index in [1.165, 1.54) is 15.6 Å². The van der Waals surface area contributed by atoms with E-state index < -0.39 is 10.0 Å². The zero-order chi connectivity index (χ0) is 14.2. The molecule has 0 N–H and O–H groups in total. The average Bonchev–Trinajstić information content (AvgIpc) is 2.75. The Morgan fingerprint density at radius 3 is 2.75 bits per heavy atom. The molecule has 1 aromatic carbocycles. The molecule has 1 aliphatic rings. The van der Waals surface area contributed by atoms with Crippen LogP contribution < -0.4 is 9.04 Å². The Morgan fingerprint density at radius 2 is 2.00 bits per heavy atom. The number of rotatable bonds is 2. The van der Waals surface area contributed by atoms with Crippen molar-refractivity contribution in [3.8, 4) is 5.75 Å². The van der Waals surface area contributed by atoms with Crippen LogP contribution in [0.3, 0.4) is 0 Å². The SMILES string of the molecule is O=S(=O)(c1ccc(Br)s1)N1CCCOc2ccccc21. The van der Waals surface area contributed by atoms with Crippen LogP contribution in [-0.4, -0.2) is 21.6 Å². The molecule has 0 saturated carbocycles. The smallest absolute Gasteiger partial charge is 0.273 e. The van der Waals surface area contributed by atoms with Crippen LogP contribution in [0.2, 0.25) is 0 Å². The van der Waals surface area contributed by atoms with E-state index in [0.29, 0.717) is 35.2 Å². The number of hydrogen-bond acceptors (Lipinski definition) is 4. The van der Waals surface area contributed by atoms with Crippen molar-refractivity contribution in [1.82, 2.24) is 0 Å². The highest BCUT2D eigenvalue weighted by atomic mass is 79.9. The molecule has 0 fully saturated rings. The second-order valence-electron chi connectivity index (χ2n) is 4.31. The Kier molecular flexibility index (Phi) is 3.74. The largest absolute Gasteiger partial charge is 0.491 e. The van der Waals surface area contributed by atoms with E-state index in [4.69, 9.17) is 4.74 Å². The normalized spacial score (nSPS) is 15.3. The first-order valence-electron chi connectivity index (χ1n) is 6.09. The van der Waals surface area contributed by atoms with Gasteiger partial charge in [0.1, 0.15) is 9.96 Å². The van der Waals surface area contributed by atoms with Crippen LogP contribution in [0.15, 0.2) is 44.4 Å². The molecule has 0 aliphatic carbocycles. The molecule has 2 heterocycles. The maximum Gasteiger partial charge on any atom is 0.273 e. The molecule has 1 aromatic heterocycles. The summed E-state index contributed by atoms with van der Waals surface area (Å²) in [5.74, 6) is 0.615. The number of benzene rings is 1. The van der Waals surface area contributed by atoms with Gasteiger partial charge in [-0.3, -0.25) is 4.31 Å². The van der Waals surface area contributed by atoms with E-state index in [1.54, 1.807) is 24.3 Å². The van der Waals surface area contributed by atoms with Gasteiger partial charge in [-0.1, -0.05) is 12.1 Å². The summed E-state index contributed by atoms with van der Waals surface area (Å²) in [6, 6.07) is 10.6. The van der Waals surface area contributed by atoms with Gasteiger partial charge in [-0.25, -0.2) is 8.42 Å². The molecule has 0 amide bonds. The van der Waals surface area contributed by atoms with Gasteiger partial charge in [0.25, 0.3) is 10.0 Å². The molecule has 20 heavy (non-hydrogen) atoms. The molecule has 0 saturated heterocycles. The lowest BCUT2D eigenvalue weighted by atomic mass is 10.3. The summed E-state index contributed by atoms with van der Waals surface area (Å²) in [6.07, 6.45) is 0.667. The molecule has 4 nitrogen and oxygen atoms in total. The zero-order valence-corrected chi connectivity index (χ0v) is 13.7. The molecule has 106 valence electrons. The first kappa shape index (κ1) is 13.9. The van der Waals surface area contributed by atoms with Crippen molar-refractivity contribution in [3.05, 3.63) is 40.2 Å². The minimum Gasteiger partial charge on any atom is -0.491 e. The molecule has 3 rings (SSSR count). The molecule has 0 atom stereocenters. The van der Waals surface area contributed by atoms with Gasteiger partial charge in [-0.05, 0) is 40.2 Å². The fourth-order valence-electron chi connectivity index (χ4n) is 2.09. The number of hydrogen-bond donors (Lipinski definition) is 0. The third-order valence-corrected chi connectivity index (χ3v) is 6.89. The molecule has 7 heteroatoms. The Labute approximate surface area is 130 Å². The summed E-state index contributed by atoms with van der Waals surface area (Å²) in [4.78, 5) is 0. The molecular formula is C13H12BrNO3S2. The van der Waals surface area contributed by atoms with Crippen molar-refractivity contribution in [2.45, 2.75) is 10.6 Å². The quantitative estimate of drug-likeness (QED) is 0.809. The summed E-state index contributed by atoms with van der Waals surface area (Å²) < 4.78 is 33.7. The highest BCUT2D eigenvalue weighted by molar-refractivity contribution is 9.11. The van der Waals surface area contributed by atoms with Gasteiger partial charge >= 0.3 is 0 Å². The van der Waals surface area contributed by atoms with Crippen molar-refractivity contribution >= 4 is 43.0 Å². The maximum absolute atomic E-state index is 12.8. The number of para-hydroxylation sites is 2. The average molecular weight is 374 g/mol. The fraction of sp³-hybridized carbons (Fsp3) is 0.231. The van der Waals surface area contributed by atoms with Crippen LogP contribution in [0.1, 0.15) is 6.42 Å². The Morgan fingerprint density at radius 1 is 1.20 bits per heavy atom. The predicted octanol–water partition coefficient (Wildman–Crippen LogP) is 3.49. The number of thiophene rings is 1. The predicted molar refractivity (Wildman–Crippen MR) is 83.1 cm³/mol. The third-order valence-electron chi connectivity index (χ3n) is 2.99. The fourth-order valence-corrected chi connectivity index (χ4v) is 5.73. The van der Waals surface area contributed by atoms with E-state index in [1.807, 2.05) is 12.1 Å². The lowest BCUT2D eigenvalue weighted by molar-refractivity contribution is 0.322. The van der Waals surface area contributed by atoms with Gasteiger partial charge in [-0.2, -0.15) is 0 Å². The monoisotopic (exact) mass is 373 g/mol. The first-order chi connectivity index (χ1) is 9.59. The van der Waals surface area contributed by atoms with Crippen molar-refractivity contribution in [3.63, 3.8) is 0 Å². The second kappa shape index (κ2) is 5.38.